The smallest absolute Gasteiger partial charge is 0.261 e. The number of carbonyl (C=O) groups excluding carboxylic acids is 1. The van der Waals surface area contributed by atoms with Crippen molar-refractivity contribution in [2.45, 2.75) is 18.5 Å². The van der Waals surface area contributed by atoms with Gasteiger partial charge >= 0.3 is 0 Å². The Morgan fingerprint density at radius 2 is 2.19 bits per heavy atom. The number of rotatable bonds is 5. The monoisotopic (exact) mass is 438 g/mol. The fourth-order valence-corrected chi connectivity index (χ4v) is 4.04. The van der Waals surface area contributed by atoms with Crippen molar-refractivity contribution in [3.05, 3.63) is 41.8 Å². The molecule has 13 heteroatoms. The highest BCUT2D eigenvalue weighted by Gasteiger charge is 2.23. The van der Waals surface area contributed by atoms with E-state index in [-0.39, 0.29) is 23.9 Å². The number of ether oxygens (including phenoxy) is 1. The van der Waals surface area contributed by atoms with E-state index in [4.69, 9.17) is 10.5 Å². The summed E-state index contributed by atoms with van der Waals surface area (Å²) < 4.78 is 7.64. The van der Waals surface area contributed by atoms with Gasteiger partial charge in [0.25, 0.3) is 5.91 Å². The van der Waals surface area contributed by atoms with Crippen LogP contribution in [-0.4, -0.2) is 66.1 Å². The van der Waals surface area contributed by atoms with Gasteiger partial charge in [0, 0.05) is 36.3 Å². The van der Waals surface area contributed by atoms with Gasteiger partial charge in [-0.3, -0.25) is 10.1 Å². The molecule has 1 aliphatic heterocycles. The Labute approximate surface area is 179 Å². The summed E-state index contributed by atoms with van der Waals surface area (Å²) in [6.07, 6.45) is 7.18. The molecule has 0 radical (unpaired) electrons. The topological polar surface area (TPSA) is 159 Å². The summed E-state index contributed by atoms with van der Waals surface area (Å²) in [5.74, 6) is 0.693. The molecule has 1 amide bonds. The molecule has 31 heavy (non-hydrogen) atoms. The van der Waals surface area contributed by atoms with E-state index in [1.807, 2.05) is 0 Å². The minimum atomic E-state index is -0.366. The summed E-state index contributed by atoms with van der Waals surface area (Å²) in [5.41, 5.74) is 7.06. The first-order valence-corrected chi connectivity index (χ1v) is 10.4. The minimum Gasteiger partial charge on any atom is -0.380 e. The van der Waals surface area contributed by atoms with E-state index in [9.17, 15) is 4.79 Å². The number of carbonyl (C=O) groups is 1. The van der Waals surface area contributed by atoms with Crippen molar-refractivity contribution in [3.8, 4) is 5.82 Å². The summed E-state index contributed by atoms with van der Waals surface area (Å²) in [6.45, 7) is 1.12. The van der Waals surface area contributed by atoms with Crippen LogP contribution in [0.15, 0.2) is 36.2 Å². The Kier molecular flexibility index (Phi) is 5.19. The highest BCUT2D eigenvalue weighted by Crippen LogP contribution is 2.26. The molecule has 0 aliphatic carbocycles. The molecule has 1 saturated heterocycles. The zero-order valence-electron chi connectivity index (χ0n) is 16.2. The molecule has 5 heterocycles. The second kappa shape index (κ2) is 8.29. The van der Waals surface area contributed by atoms with Gasteiger partial charge in [-0.2, -0.15) is 4.98 Å². The van der Waals surface area contributed by atoms with Crippen LogP contribution in [0.4, 0.5) is 11.9 Å². The highest BCUT2D eigenvalue weighted by atomic mass is 32.1. The predicted octanol–water partition coefficient (Wildman–Crippen LogP) is 0.842. The molecule has 0 saturated carbocycles. The Balaban J connectivity index is 1.37. The third-order valence-electron chi connectivity index (χ3n) is 4.80. The summed E-state index contributed by atoms with van der Waals surface area (Å²) in [6, 6.07) is 1.53. The van der Waals surface area contributed by atoms with E-state index in [1.165, 1.54) is 28.4 Å². The van der Waals surface area contributed by atoms with Crippen LogP contribution in [0.1, 0.15) is 16.8 Å². The SMILES string of the molecule is N[C@H]1COCC[C@H]1Nc1ncc2scc(C(=O)Nc3nccc(-n4ccnn4)n3)c2n1. The second-order valence-corrected chi connectivity index (χ2v) is 7.79. The third-order valence-corrected chi connectivity index (χ3v) is 5.70. The Hall–Kier alpha value is -3.55. The molecule has 4 N–H and O–H groups in total. The maximum absolute atomic E-state index is 12.9. The number of nitrogens with two attached hydrogens (primary N) is 1. The Morgan fingerprint density at radius 1 is 1.26 bits per heavy atom. The maximum atomic E-state index is 12.9. The van der Waals surface area contributed by atoms with Crippen molar-refractivity contribution in [2.24, 2.45) is 5.73 Å². The van der Waals surface area contributed by atoms with Gasteiger partial charge in [-0.15, -0.1) is 16.4 Å². The fourth-order valence-electron chi connectivity index (χ4n) is 3.20. The van der Waals surface area contributed by atoms with Crippen LogP contribution in [0.5, 0.6) is 0 Å². The Bertz CT molecular complexity index is 1210. The molecular formula is C18H18N10O2S. The van der Waals surface area contributed by atoms with Crippen LogP contribution >= 0.6 is 11.3 Å². The first-order chi connectivity index (χ1) is 15.2. The van der Waals surface area contributed by atoms with Crippen LogP contribution in [0.3, 0.4) is 0 Å². The lowest BCUT2D eigenvalue weighted by Crippen LogP contribution is -2.47. The van der Waals surface area contributed by atoms with Gasteiger partial charge < -0.3 is 15.8 Å². The number of nitrogens with zero attached hydrogens (tertiary/aromatic N) is 7. The van der Waals surface area contributed by atoms with Crippen molar-refractivity contribution < 1.29 is 9.53 Å². The largest absolute Gasteiger partial charge is 0.380 e. The molecule has 0 aromatic carbocycles. The summed E-state index contributed by atoms with van der Waals surface area (Å²) in [7, 11) is 0. The summed E-state index contributed by atoms with van der Waals surface area (Å²) in [5, 5.41) is 15.3. The maximum Gasteiger partial charge on any atom is 0.261 e. The predicted molar refractivity (Wildman–Crippen MR) is 113 cm³/mol. The molecule has 0 bridgehead atoms. The molecular weight excluding hydrogens is 420 g/mol. The lowest BCUT2D eigenvalue weighted by atomic mass is 10.1. The van der Waals surface area contributed by atoms with E-state index in [0.29, 0.717) is 36.1 Å². The molecule has 4 aromatic rings. The quantitative estimate of drug-likeness (QED) is 0.407. The minimum absolute atomic E-state index is 0.00929. The molecule has 12 nitrogen and oxygen atoms in total. The lowest BCUT2D eigenvalue weighted by molar-refractivity contribution is 0.0751. The summed E-state index contributed by atoms with van der Waals surface area (Å²) >= 11 is 1.39. The molecule has 1 aliphatic rings. The van der Waals surface area contributed by atoms with Crippen LogP contribution in [-0.2, 0) is 4.74 Å². The average molecular weight is 438 g/mol. The van der Waals surface area contributed by atoms with E-state index in [0.717, 1.165) is 11.1 Å². The van der Waals surface area contributed by atoms with E-state index in [1.54, 1.807) is 23.8 Å². The fraction of sp³-hybridized carbons (Fsp3) is 0.278. The number of hydrogen-bond acceptors (Lipinski definition) is 11. The zero-order valence-corrected chi connectivity index (χ0v) is 17.0. The normalized spacial score (nSPS) is 18.7. The number of hydrogen-bond donors (Lipinski definition) is 3. The van der Waals surface area contributed by atoms with Gasteiger partial charge in [0.05, 0.1) is 41.0 Å². The van der Waals surface area contributed by atoms with Gasteiger partial charge in [0.15, 0.2) is 5.82 Å². The van der Waals surface area contributed by atoms with Crippen molar-refractivity contribution >= 4 is 39.4 Å². The van der Waals surface area contributed by atoms with Crippen LogP contribution < -0.4 is 16.4 Å². The van der Waals surface area contributed by atoms with Crippen LogP contribution in [0.25, 0.3) is 16.0 Å². The van der Waals surface area contributed by atoms with Gasteiger partial charge in [-0.05, 0) is 6.42 Å². The number of nitrogens with one attached hydrogen (secondary N) is 2. The standard InChI is InChI=1S/C18H18N10O2S/c19-11-8-30-6-2-12(11)23-18-21-7-13-15(25-18)10(9-31-13)16(29)26-17-20-3-1-14(24-17)28-5-4-22-27-28/h1,3-5,7,9,11-12H,2,6,8,19H2,(H,21,23,25)(H,20,24,26,29)/t11-,12+/m0/s1. The van der Waals surface area contributed by atoms with Crippen molar-refractivity contribution in [2.75, 3.05) is 23.8 Å². The third kappa shape index (κ3) is 4.05. The van der Waals surface area contributed by atoms with Crippen molar-refractivity contribution in [1.82, 2.24) is 34.9 Å². The first kappa shape index (κ1) is 19.4. The van der Waals surface area contributed by atoms with Crippen LogP contribution in [0, 0.1) is 0 Å². The number of fused-ring (bicyclic) bond motifs is 1. The van der Waals surface area contributed by atoms with E-state index < -0.39 is 0 Å². The van der Waals surface area contributed by atoms with Crippen molar-refractivity contribution in [1.29, 1.82) is 0 Å². The molecule has 4 aromatic heterocycles. The molecule has 0 spiro atoms. The molecule has 1 fully saturated rings. The lowest BCUT2D eigenvalue weighted by Gasteiger charge is -2.29. The van der Waals surface area contributed by atoms with E-state index in [2.05, 4.69) is 40.9 Å². The molecule has 2 atom stereocenters. The number of thiophene rings is 1. The molecule has 5 rings (SSSR count). The number of anilines is 2. The number of amides is 1. The summed E-state index contributed by atoms with van der Waals surface area (Å²) in [4.78, 5) is 30.2. The van der Waals surface area contributed by atoms with Gasteiger partial charge in [0.1, 0.15) is 0 Å². The molecule has 0 unspecified atom stereocenters. The molecule has 158 valence electrons. The van der Waals surface area contributed by atoms with Gasteiger partial charge in [0.2, 0.25) is 11.9 Å². The zero-order chi connectivity index (χ0) is 21.2. The first-order valence-electron chi connectivity index (χ1n) is 9.52. The highest BCUT2D eigenvalue weighted by molar-refractivity contribution is 7.17. The van der Waals surface area contributed by atoms with Crippen LogP contribution in [0.2, 0.25) is 0 Å². The Morgan fingerprint density at radius 3 is 3.03 bits per heavy atom. The second-order valence-electron chi connectivity index (χ2n) is 6.87. The van der Waals surface area contributed by atoms with E-state index >= 15 is 0 Å². The average Bonchev–Trinajstić information content (AvgIpc) is 3.45. The number of aromatic nitrogens is 7. The van der Waals surface area contributed by atoms with Gasteiger partial charge in [-0.1, -0.05) is 5.21 Å². The van der Waals surface area contributed by atoms with Gasteiger partial charge in [-0.25, -0.2) is 19.6 Å². The van der Waals surface area contributed by atoms with Crippen molar-refractivity contribution in [3.63, 3.8) is 0 Å².